The SMILES string of the molecule is CC(C)=N/C(C)=C(\C)CNc1nc(C(C)CC2CC2)ncc1C. The number of allylic oxidation sites excluding steroid dienone is 1. The molecule has 0 aliphatic heterocycles. The van der Waals surface area contributed by atoms with Crippen LogP contribution >= 0.6 is 0 Å². The molecule has 0 aromatic carbocycles. The van der Waals surface area contributed by atoms with Gasteiger partial charge in [-0.2, -0.15) is 0 Å². The quantitative estimate of drug-likeness (QED) is 0.730. The number of rotatable bonds is 7. The number of hydrogen-bond acceptors (Lipinski definition) is 4. The third-order valence-corrected chi connectivity index (χ3v) is 4.34. The molecule has 0 saturated heterocycles. The van der Waals surface area contributed by atoms with E-state index in [4.69, 9.17) is 4.98 Å². The maximum Gasteiger partial charge on any atom is 0.133 e. The van der Waals surface area contributed by atoms with Crippen molar-refractivity contribution in [1.82, 2.24) is 9.97 Å². The molecule has 0 amide bonds. The van der Waals surface area contributed by atoms with Crippen molar-refractivity contribution in [3.8, 4) is 0 Å². The molecule has 1 unspecified atom stereocenters. The molecule has 0 spiro atoms. The van der Waals surface area contributed by atoms with E-state index in [0.29, 0.717) is 5.92 Å². The largest absolute Gasteiger partial charge is 0.366 e. The van der Waals surface area contributed by atoms with Gasteiger partial charge in [0.05, 0.1) is 0 Å². The van der Waals surface area contributed by atoms with Crippen molar-refractivity contribution in [2.75, 3.05) is 11.9 Å². The lowest BCUT2D eigenvalue weighted by Crippen LogP contribution is -2.11. The summed E-state index contributed by atoms with van der Waals surface area (Å²) in [7, 11) is 0. The Morgan fingerprint density at radius 2 is 2.00 bits per heavy atom. The van der Waals surface area contributed by atoms with Crippen LogP contribution in [-0.2, 0) is 0 Å². The average molecular weight is 314 g/mol. The van der Waals surface area contributed by atoms with Crippen LogP contribution in [0.1, 0.15) is 71.2 Å². The van der Waals surface area contributed by atoms with Gasteiger partial charge in [0.25, 0.3) is 0 Å². The topological polar surface area (TPSA) is 50.2 Å². The van der Waals surface area contributed by atoms with Gasteiger partial charge < -0.3 is 5.32 Å². The van der Waals surface area contributed by atoms with E-state index >= 15 is 0 Å². The Morgan fingerprint density at radius 3 is 2.61 bits per heavy atom. The Balaban J connectivity index is 2.05. The summed E-state index contributed by atoms with van der Waals surface area (Å²) in [4.78, 5) is 13.8. The van der Waals surface area contributed by atoms with E-state index < -0.39 is 0 Å². The van der Waals surface area contributed by atoms with E-state index in [1.807, 2.05) is 20.0 Å². The third kappa shape index (κ3) is 5.45. The van der Waals surface area contributed by atoms with Crippen molar-refractivity contribution >= 4 is 11.5 Å². The zero-order chi connectivity index (χ0) is 17.0. The lowest BCUT2D eigenvalue weighted by Gasteiger charge is -2.14. The molecule has 1 fully saturated rings. The van der Waals surface area contributed by atoms with Gasteiger partial charge in [0, 0.05) is 35.6 Å². The van der Waals surface area contributed by atoms with Crippen LogP contribution in [0.3, 0.4) is 0 Å². The van der Waals surface area contributed by atoms with Crippen LogP contribution in [-0.4, -0.2) is 22.2 Å². The molecule has 1 atom stereocenters. The van der Waals surface area contributed by atoms with Gasteiger partial charge in [0.2, 0.25) is 0 Å². The number of nitrogens with zero attached hydrogens (tertiary/aromatic N) is 3. The summed E-state index contributed by atoms with van der Waals surface area (Å²) in [5.41, 5.74) is 4.48. The minimum Gasteiger partial charge on any atom is -0.366 e. The highest BCUT2D eigenvalue weighted by atomic mass is 15.0. The molecule has 0 bridgehead atoms. The molecule has 0 radical (unpaired) electrons. The molecule has 23 heavy (non-hydrogen) atoms. The Kier molecular flexibility index (Phi) is 5.91. The smallest absolute Gasteiger partial charge is 0.133 e. The molecule has 1 N–H and O–H groups in total. The summed E-state index contributed by atoms with van der Waals surface area (Å²) < 4.78 is 0. The monoisotopic (exact) mass is 314 g/mol. The second-order valence-corrected chi connectivity index (χ2v) is 7.12. The fourth-order valence-electron chi connectivity index (χ4n) is 2.61. The predicted molar refractivity (Wildman–Crippen MR) is 98.2 cm³/mol. The highest BCUT2D eigenvalue weighted by Crippen LogP contribution is 2.37. The molecule has 2 rings (SSSR count). The van der Waals surface area contributed by atoms with Crippen molar-refractivity contribution in [3.63, 3.8) is 0 Å². The lowest BCUT2D eigenvalue weighted by atomic mass is 10.0. The third-order valence-electron chi connectivity index (χ3n) is 4.34. The molecule has 1 aromatic rings. The van der Waals surface area contributed by atoms with E-state index in [1.54, 1.807) is 0 Å². The van der Waals surface area contributed by atoms with Crippen LogP contribution in [0.5, 0.6) is 0 Å². The van der Waals surface area contributed by atoms with E-state index in [1.165, 1.54) is 24.8 Å². The van der Waals surface area contributed by atoms with E-state index in [9.17, 15) is 0 Å². The number of hydrogen-bond donors (Lipinski definition) is 1. The zero-order valence-electron chi connectivity index (χ0n) is 15.4. The van der Waals surface area contributed by atoms with Crippen molar-refractivity contribution in [2.24, 2.45) is 10.9 Å². The normalized spacial score (nSPS) is 16.6. The molecule has 1 saturated carbocycles. The fraction of sp³-hybridized carbons (Fsp3) is 0.632. The van der Waals surface area contributed by atoms with Crippen LogP contribution in [0.2, 0.25) is 0 Å². The van der Waals surface area contributed by atoms with E-state index in [2.05, 4.69) is 43.0 Å². The summed E-state index contributed by atoms with van der Waals surface area (Å²) in [6.45, 7) is 13.3. The lowest BCUT2D eigenvalue weighted by molar-refractivity contribution is 0.589. The highest BCUT2D eigenvalue weighted by molar-refractivity contribution is 5.80. The first-order valence-electron chi connectivity index (χ1n) is 8.62. The molecule has 1 aliphatic rings. The molecule has 126 valence electrons. The second-order valence-electron chi connectivity index (χ2n) is 7.12. The minimum atomic E-state index is 0.439. The maximum absolute atomic E-state index is 4.76. The van der Waals surface area contributed by atoms with Crippen molar-refractivity contribution in [1.29, 1.82) is 0 Å². The second kappa shape index (κ2) is 7.71. The Labute approximate surface area is 140 Å². The van der Waals surface area contributed by atoms with E-state index in [-0.39, 0.29) is 0 Å². The number of aromatic nitrogens is 2. The number of nitrogens with one attached hydrogen (secondary N) is 1. The fourth-order valence-corrected chi connectivity index (χ4v) is 2.61. The van der Waals surface area contributed by atoms with Crippen molar-refractivity contribution < 1.29 is 0 Å². The summed E-state index contributed by atoms with van der Waals surface area (Å²) in [5.74, 6) is 3.25. The van der Waals surface area contributed by atoms with Crippen LogP contribution in [0.4, 0.5) is 5.82 Å². The van der Waals surface area contributed by atoms with Gasteiger partial charge in [-0.1, -0.05) is 19.8 Å². The van der Waals surface area contributed by atoms with Gasteiger partial charge in [0.1, 0.15) is 11.6 Å². The number of aryl methyl sites for hydroxylation is 1. The van der Waals surface area contributed by atoms with Gasteiger partial charge in [-0.05, 0) is 52.5 Å². The van der Waals surface area contributed by atoms with Gasteiger partial charge in [-0.3, -0.25) is 4.99 Å². The van der Waals surface area contributed by atoms with Crippen LogP contribution in [0, 0.1) is 12.8 Å². The summed E-state index contributed by atoms with van der Waals surface area (Å²) >= 11 is 0. The number of aliphatic imine (C=N–C) groups is 1. The van der Waals surface area contributed by atoms with Crippen LogP contribution in [0.15, 0.2) is 22.5 Å². The van der Waals surface area contributed by atoms with Gasteiger partial charge >= 0.3 is 0 Å². The van der Waals surface area contributed by atoms with Gasteiger partial charge in [0.15, 0.2) is 0 Å². The highest BCUT2D eigenvalue weighted by Gasteiger charge is 2.25. The molecule has 1 aliphatic carbocycles. The van der Waals surface area contributed by atoms with Crippen LogP contribution in [0.25, 0.3) is 0 Å². The van der Waals surface area contributed by atoms with Crippen LogP contribution < -0.4 is 5.32 Å². The van der Waals surface area contributed by atoms with Crippen molar-refractivity contribution in [3.05, 3.63) is 28.9 Å². The summed E-state index contributed by atoms with van der Waals surface area (Å²) in [6, 6.07) is 0. The molecule has 1 aromatic heterocycles. The molecule has 1 heterocycles. The Hall–Kier alpha value is -1.71. The first-order chi connectivity index (χ1) is 10.9. The van der Waals surface area contributed by atoms with E-state index in [0.717, 1.165) is 41.1 Å². The van der Waals surface area contributed by atoms with Crippen molar-refractivity contribution in [2.45, 2.75) is 66.7 Å². The Morgan fingerprint density at radius 1 is 1.30 bits per heavy atom. The maximum atomic E-state index is 4.76. The first-order valence-corrected chi connectivity index (χ1v) is 8.62. The first kappa shape index (κ1) is 17.6. The molecule has 4 heteroatoms. The van der Waals surface area contributed by atoms with Gasteiger partial charge in [-0.25, -0.2) is 9.97 Å². The molecule has 4 nitrogen and oxygen atoms in total. The predicted octanol–water partition coefficient (Wildman–Crippen LogP) is 4.88. The Bertz CT molecular complexity index is 608. The zero-order valence-corrected chi connectivity index (χ0v) is 15.4. The molecular weight excluding hydrogens is 284 g/mol. The summed E-state index contributed by atoms with van der Waals surface area (Å²) in [5, 5.41) is 3.45. The summed E-state index contributed by atoms with van der Waals surface area (Å²) in [6.07, 6.45) is 5.91. The van der Waals surface area contributed by atoms with Gasteiger partial charge in [-0.15, -0.1) is 0 Å². The average Bonchev–Trinajstić information content (AvgIpc) is 3.29. The minimum absolute atomic E-state index is 0.439. The molecular formula is C19H30N4. The standard InChI is InChI=1S/C19H30N4/c1-12(2)22-16(6)14(4)10-20-19-15(5)11-21-18(23-19)13(3)9-17-7-8-17/h11,13,17H,7-10H2,1-6H3,(H,20,21,23)/b16-14+. The number of anilines is 1.